The Morgan fingerprint density at radius 2 is 2.04 bits per heavy atom. The Kier molecular flexibility index (Phi) is 4.77. The number of anilines is 1. The van der Waals surface area contributed by atoms with Crippen molar-refractivity contribution in [2.45, 2.75) is 0 Å². The highest BCUT2D eigenvalue weighted by atomic mass is 32.1. The fourth-order valence-electron chi connectivity index (χ4n) is 2.06. The van der Waals surface area contributed by atoms with Crippen LogP contribution in [0.4, 0.5) is 14.5 Å². The van der Waals surface area contributed by atoms with E-state index in [-0.39, 0.29) is 5.69 Å². The number of nitrogens with one attached hydrogen (secondary N) is 1. The maximum Gasteiger partial charge on any atom is 0.248 e. The highest BCUT2D eigenvalue weighted by molar-refractivity contribution is 7.11. The summed E-state index contributed by atoms with van der Waals surface area (Å²) >= 11 is 1.47. The summed E-state index contributed by atoms with van der Waals surface area (Å²) in [5, 5.41) is 4.27. The SMILES string of the molecule is O=C(/C=C\c1cc(-c2cccnc2)cs1)Nc1cccc(F)c1F. The van der Waals surface area contributed by atoms with Crippen LogP contribution in [0.25, 0.3) is 17.2 Å². The minimum atomic E-state index is -1.07. The van der Waals surface area contributed by atoms with Crippen molar-refractivity contribution in [3.8, 4) is 11.1 Å². The molecule has 0 aliphatic heterocycles. The van der Waals surface area contributed by atoms with Gasteiger partial charge in [-0.05, 0) is 41.3 Å². The van der Waals surface area contributed by atoms with E-state index in [2.05, 4.69) is 10.3 Å². The van der Waals surface area contributed by atoms with Crippen LogP contribution in [-0.2, 0) is 4.79 Å². The monoisotopic (exact) mass is 342 g/mol. The van der Waals surface area contributed by atoms with Crippen molar-refractivity contribution in [1.29, 1.82) is 0 Å². The summed E-state index contributed by atoms with van der Waals surface area (Å²) in [6.07, 6.45) is 6.36. The molecule has 3 rings (SSSR count). The van der Waals surface area contributed by atoms with Gasteiger partial charge in [0.2, 0.25) is 5.91 Å². The molecule has 0 spiro atoms. The molecule has 0 atom stereocenters. The lowest BCUT2D eigenvalue weighted by molar-refractivity contribution is -0.111. The summed E-state index contributed by atoms with van der Waals surface area (Å²) in [6, 6.07) is 9.35. The number of nitrogens with zero attached hydrogens (tertiary/aromatic N) is 1. The Bertz CT molecular complexity index is 891. The van der Waals surface area contributed by atoms with Crippen LogP contribution in [-0.4, -0.2) is 10.9 Å². The maximum absolute atomic E-state index is 13.5. The van der Waals surface area contributed by atoms with Gasteiger partial charge in [-0.3, -0.25) is 9.78 Å². The number of hydrogen-bond donors (Lipinski definition) is 1. The first-order chi connectivity index (χ1) is 11.6. The topological polar surface area (TPSA) is 42.0 Å². The smallest absolute Gasteiger partial charge is 0.248 e. The van der Waals surface area contributed by atoms with Crippen molar-refractivity contribution >= 4 is 29.0 Å². The molecule has 0 bridgehead atoms. The Hall–Kier alpha value is -2.86. The van der Waals surface area contributed by atoms with E-state index in [0.29, 0.717) is 0 Å². The molecule has 0 unspecified atom stereocenters. The van der Waals surface area contributed by atoms with E-state index in [9.17, 15) is 13.6 Å². The fourth-order valence-corrected chi connectivity index (χ4v) is 2.87. The molecule has 120 valence electrons. The third-order valence-electron chi connectivity index (χ3n) is 3.22. The van der Waals surface area contributed by atoms with Gasteiger partial charge in [0.25, 0.3) is 0 Å². The van der Waals surface area contributed by atoms with Crippen LogP contribution in [0.2, 0.25) is 0 Å². The van der Waals surface area contributed by atoms with Crippen LogP contribution in [0.5, 0.6) is 0 Å². The molecule has 0 radical (unpaired) electrons. The predicted octanol–water partition coefficient (Wildman–Crippen LogP) is 4.74. The molecule has 1 N–H and O–H groups in total. The molecule has 6 heteroatoms. The molecule has 1 amide bonds. The summed E-state index contributed by atoms with van der Waals surface area (Å²) < 4.78 is 26.6. The van der Waals surface area contributed by atoms with E-state index in [1.807, 2.05) is 23.6 Å². The molecule has 2 heterocycles. The molecule has 3 aromatic rings. The van der Waals surface area contributed by atoms with Crippen molar-refractivity contribution in [2.75, 3.05) is 5.32 Å². The van der Waals surface area contributed by atoms with Crippen LogP contribution in [0.1, 0.15) is 4.88 Å². The fraction of sp³-hybridized carbons (Fsp3) is 0. The van der Waals surface area contributed by atoms with Gasteiger partial charge < -0.3 is 5.32 Å². The van der Waals surface area contributed by atoms with Crippen LogP contribution >= 0.6 is 11.3 Å². The highest BCUT2D eigenvalue weighted by Crippen LogP contribution is 2.25. The molecule has 2 aromatic heterocycles. The minimum Gasteiger partial charge on any atom is -0.320 e. The Morgan fingerprint density at radius 1 is 1.17 bits per heavy atom. The number of carbonyl (C=O) groups is 1. The van der Waals surface area contributed by atoms with Gasteiger partial charge in [-0.25, -0.2) is 8.78 Å². The Morgan fingerprint density at radius 3 is 2.83 bits per heavy atom. The Balaban J connectivity index is 1.69. The first-order valence-electron chi connectivity index (χ1n) is 7.05. The number of carbonyl (C=O) groups excluding carboxylic acids is 1. The third kappa shape index (κ3) is 3.72. The van der Waals surface area contributed by atoms with Gasteiger partial charge >= 0.3 is 0 Å². The number of halogens is 2. The average molecular weight is 342 g/mol. The van der Waals surface area contributed by atoms with Crippen molar-refractivity contribution < 1.29 is 13.6 Å². The second-order valence-corrected chi connectivity index (χ2v) is 5.85. The summed E-state index contributed by atoms with van der Waals surface area (Å²) in [5.41, 5.74) is 1.80. The van der Waals surface area contributed by atoms with Crippen molar-refractivity contribution in [3.63, 3.8) is 0 Å². The number of thiophene rings is 1. The van der Waals surface area contributed by atoms with Gasteiger partial charge in [-0.15, -0.1) is 11.3 Å². The van der Waals surface area contributed by atoms with E-state index >= 15 is 0 Å². The quantitative estimate of drug-likeness (QED) is 0.696. The van der Waals surface area contributed by atoms with Crippen molar-refractivity contribution in [3.05, 3.63) is 76.8 Å². The second kappa shape index (κ2) is 7.14. The molecule has 0 aliphatic rings. The molecule has 0 saturated carbocycles. The number of hydrogen-bond acceptors (Lipinski definition) is 3. The molecule has 0 aliphatic carbocycles. The van der Waals surface area contributed by atoms with E-state index in [1.165, 1.54) is 29.5 Å². The zero-order valence-electron chi connectivity index (χ0n) is 12.4. The van der Waals surface area contributed by atoms with Gasteiger partial charge in [-0.1, -0.05) is 12.1 Å². The number of aromatic nitrogens is 1. The lowest BCUT2D eigenvalue weighted by Crippen LogP contribution is -2.09. The van der Waals surface area contributed by atoms with Gasteiger partial charge in [0.15, 0.2) is 11.6 Å². The molecule has 0 fully saturated rings. The number of benzene rings is 1. The lowest BCUT2D eigenvalue weighted by Gasteiger charge is -2.03. The lowest BCUT2D eigenvalue weighted by atomic mass is 10.1. The maximum atomic E-state index is 13.5. The Labute approximate surface area is 141 Å². The zero-order valence-corrected chi connectivity index (χ0v) is 13.2. The number of rotatable bonds is 4. The third-order valence-corrected chi connectivity index (χ3v) is 4.12. The average Bonchev–Trinajstić information content (AvgIpc) is 3.07. The zero-order chi connectivity index (χ0) is 16.9. The molecular weight excluding hydrogens is 330 g/mol. The highest BCUT2D eigenvalue weighted by Gasteiger charge is 2.09. The molecule has 1 aromatic carbocycles. The van der Waals surface area contributed by atoms with E-state index < -0.39 is 17.5 Å². The van der Waals surface area contributed by atoms with E-state index in [0.717, 1.165) is 22.1 Å². The first kappa shape index (κ1) is 16.0. The van der Waals surface area contributed by atoms with Crippen LogP contribution in [0.15, 0.2) is 60.2 Å². The van der Waals surface area contributed by atoms with Crippen LogP contribution in [0.3, 0.4) is 0 Å². The van der Waals surface area contributed by atoms with Gasteiger partial charge in [-0.2, -0.15) is 0 Å². The normalized spacial score (nSPS) is 10.9. The summed E-state index contributed by atoms with van der Waals surface area (Å²) in [5.74, 6) is -2.61. The van der Waals surface area contributed by atoms with E-state index in [4.69, 9.17) is 0 Å². The minimum absolute atomic E-state index is 0.188. The first-order valence-corrected chi connectivity index (χ1v) is 7.93. The summed E-state index contributed by atoms with van der Waals surface area (Å²) in [7, 11) is 0. The van der Waals surface area contributed by atoms with Crippen molar-refractivity contribution in [2.24, 2.45) is 0 Å². The standard InChI is InChI=1S/C18H12F2N2OS/c19-15-4-1-5-16(18(15)20)22-17(23)7-6-14-9-13(11-24-14)12-3-2-8-21-10-12/h1-11H,(H,22,23)/b7-6-. The number of amides is 1. The van der Waals surface area contributed by atoms with Gasteiger partial charge in [0.05, 0.1) is 5.69 Å². The molecule has 3 nitrogen and oxygen atoms in total. The molecule has 0 saturated heterocycles. The van der Waals surface area contributed by atoms with Gasteiger partial charge in [0, 0.05) is 28.9 Å². The second-order valence-electron chi connectivity index (χ2n) is 4.90. The van der Waals surface area contributed by atoms with Gasteiger partial charge in [0.1, 0.15) is 0 Å². The van der Waals surface area contributed by atoms with Crippen LogP contribution < -0.4 is 5.32 Å². The van der Waals surface area contributed by atoms with Crippen molar-refractivity contribution in [1.82, 2.24) is 4.98 Å². The predicted molar refractivity (Wildman–Crippen MR) is 91.6 cm³/mol. The van der Waals surface area contributed by atoms with Crippen LogP contribution in [0, 0.1) is 11.6 Å². The summed E-state index contributed by atoms with van der Waals surface area (Å²) in [4.78, 5) is 16.8. The summed E-state index contributed by atoms with van der Waals surface area (Å²) in [6.45, 7) is 0. The largest absolute Gasteiger partial charge is 0.320 e. The number of pyridine rings is 1. The molecular formula is C18H12F2N2OS. The molecule has 24 heavy (non-hydrogen) atoms. The van der Waals surface area contributed by atoms with E-state index in [1.54, 1.807) is 18.5 Å².